The summed E-state index contributed by atoms with van der Waals surface area (Å²) < 4.78 is 0. The number of hydrogen-bond acceptors (Lipinski definition) is 1. The summed E-state index contributed by atoms with van der Waals surface area (Å²) >= 11 is 0. The van der Waals surface area contributed by atoms with Crippen molar-refractivity contribution < 1.29 is 4.79 Å². The number of carbonyl (C=O) groups excluding carboxylic acids is 1. The molecule has 2 N–H and O–H groups in total. The van der Waals surface area contributed by atoms with Crippen LogP contribution >= 0.6 is 0 Å². The third kappa shape index (κ3) is 3.16. The molecule has 0 spiro atoms. The molecule has 0 fully saturated rings. The van der Waals surface area contributed by atoms with Gasteiger partial charge in [-0.15, -0.1) is 0 Å². The highest BCUT2D eigenvalue weighted by atomic mass is 16.1. The maximum Gasteiger partial charge on any atom is 0.224 e. The molecular formula is C21H19NO. The molecule has 0 aliphatic heterocycles. The molecule has 0 aliphatic carbocycles. The summed E-state index contributed by atoms with van der Waals surface area (Å²) in [6.07, 6.45) is 0. The van der Waals surface area contributed by atoms with Gasteiger partial charge in [0.25, 0.3) is 0 Å². The van der Waals surface area contributed by atoms with Crippen molar-refractivity contribution in [2.45, 2.75) is 12.8 Å². The molecule has 23 heavy (non-hydrogen) atoms. The summed E-state index contributed by atoms with van der Waals surface area (Å²) in [7, 11) is 0. The van der Waals surface area contributed by atoms with Crippen LogP contribution in [0.3, 0.4) is 0 Å². The molecule has 3 rings (SSSR count). The second-order valence-electron chi connectivity index (χ2n) is 5.66. The van der Waals surface area contributed by atoms with Gasteiger partial charge in [0.1, 0.15) is 0 Å². The zero-order valence-corrected chi connectivity index (χ0v) is 13.1. The van der Waals surface area contributed by atoms with E-state index in [4.69, 9.17) is 5.73 Å². The van der Waals surface area contributed by atoms with Crippen LogP contribution in [0.5, 0.6) is 0 Å². The van der Waals surface area contributed by atoms with E-state index in [-0.39, 0.29) is 11.8 Å². The van der Waals surface area contributed by atoms with Gasteiger partial charge in [0.05, 0.1) is 5.92 Å². The minimum Gasteiger partial charge on any atom is -0.369 e. The van der Waals surface area contributed by atoms with Crippen LogP contribution in [0.4, 0.5) is 0 Å². The van der Waals surface area contributed by atoms with Gasteiger partial charge in [-0.05, 0) is 34.7 Å². The molecule has 114 valence electrons. The van der Waals surface area contributed by atoms with Crippen molar-refractivity contribution in [3.8, 4) is 22.3 Å². The lowest BCUT2D eigenvalue weighted by atomic mass is 9.92. The normalized spacial score (nSPS) is 11.9. The highest BCUT2D eigenvalue weighted by Crippen LogP contribution is 2.32. The lowest BCUT2D eigenvalue weighted by Crippen LogP contribution is -2.18. The molecule has 0 radical (unpaired) electrons. The highest BCUT2D eigenvalue weighted by Gasteiger charge is 2.12. The third-order valence-electron chi connectivity index (χ3n) is 4.16. The van der Waals surface area contributed by atoms with Crippen LogP contribution in [0.1, 0.15) is 18.4 Å². The third-order valence-corrected chi connectivity index (χ3v) is 4.16. The van der Waals surface area contributed by atoms with E-state index in [0.29, 0.717) is 0 Å². The van der Waals surface area contributed by atoms with Gasteiger partial charge >= 0.3 is 0 Å². The Morgan fingerprint density at radius 3 is 1.74 bits per heavy atom. The van der Waals surface area contributed by atoms with Gasteiger partial charge in [0.15, 0.2) is 0 Å². The first kappa shape index (κ1) is 15.0. The topological polar surface area (TPSA) is 43.1 Å². The first-order valence-corrected chi connectivity index (χ1v) is 7.71. The zero-order chi connectivity index (χ0) is 16.2. The number of benzene rings is 3. The van der Waals surface area contributed by atoms with Crippen LogP contribution in [0, 0.1) is 0 Å². The molecule has 0 heterocycles. The molecule has 2 nitrogen and oxygen atoms in total. The number of rotatable bonds is 4. The number of carbonyl (C=O) groups is 1. The maximum absolute atomic E-state index is 11.3. The zero-order valence-electron chi connectivity index (χ0n) is 13.1. The fraction of sp³-hybridized carbons (Fsp3) is 0.0952. The smallest absolute Gasteiger partial charge is 0.224 e. The monoisotopic (exact) mass is 301 g/mol. The van der Waals surface area contributed by atoms with E-state index in [9.17, 15) is 4.79 Å². The average Bonchev–Trinajstić information content (AvgIpc) is 2.62. The first-order chi connectivity index (χ1) is 11.2. The summed E-state index contributed by atoms with van der Waals surface area (Å²) in [5.41, 5.74) is 11.0. The van der Waals surface area contributed by atoms with Gasteiger partial charge in [-0.3, -0.25) is 4.79 Å². The molecule has 0 saturated heterocycles. The number of primary amides is 1. The Kier molecular flexibility index (Phi) is 4.24. The quantitative estimate of drug-likeness (QED) is 0.751. The number of nitrogens with two attached hydrogens (primary N) is 1. The minimum absolute atomic E-state index is 0.270. The Bertz CT molecular complexity index is 807. The van der Waals surface area contributed by atoms with E-state index in [1.165, 1.54) is 16.7 Å². The van der Waals surface area contributed by atoms with Crippen molar-refractivity contribution in [2.75, 3.05) is 0 Å². The summed E-state index contributed by atoms with van der Waals surface area (Å²) in [5, 5.41) is 0. The Hall–Kier alpha value is -2.87. The minimum atomic E-state index is -0.303. The summed E-state index contributed by atoms with van der Waals surface area (Å²) in [6.45, 7) is 1.83. The second kappa shape index (κ2) is 6.49. The fourth-order valence-corrected chi connectivity index (χ4v) is 2.72. The molecule has 0 aromatic heterocycles. The van der Waals surface area contributed by atoms with E-state index in [1.807, 2.05) is 43.3 Å². The van der Waals surface area contributed by atoms with Crippen molar-refractivity contribution in [3.63, 3.8) is 0 Å². The van der Waals surface area contributed by atoms with Gasteiger partial charge < -0.3 is 5.73 Å². The molecule has 2 heteroatoms. The molecule has 3 aromatic rings. The van der Waals surface area contributed by atoms with Gasteiger partial charge in [-0.25, -0.2) is 0 Å². The Balaban J connectivity index is 2.02. The summed E-state index contributed by atoms with van der Waals surface area (Å²) in [6, 6.07) is 26.7. The molecule has 1 unspecified atom stereocenters. The van der Waals surface area contributed by atoms with Gasteiger partial charge in [0.2, 0.25) is 5.91 Å². The highest BCUT2D eigenvalue weighted by molar-refractivity contribution is 5.84. The number of amides is 1. The average molecular weight is 301 g/mol. The Morgan fingerprint density at radius 1 is 0.739 bits per heavy atom. The van der Waals surface area contributed by atoms with Gasteiger partial charge in [0, 0.05) is 0 Å². The number of hydrogen-bond donors (Lipinski definition) is 1. The van der Waals surface area contributed by atoms with Crippen LogP contribution in [-0.4, -0.2) is 5.91 Å². The molecular weight excluding hydrogens is 282 g/mol. The molecule has 1 amide bonds. The maximum atomic E-state index is 11.3. The first-order valence-electron chi connectivity index (χ1n) is 7.71. The predicted molar refractivity (Wildman–Crippen MR) is 94.9 cm³/mol. The van der Waals surface area contributed by atoms with Crippen LogP contribution in [0.15, 0.2) is 78.9 Å². The van der Waals surface area contributed by atoms with E-state index in [0.717, 1.165) is 11.1 Å². The van der Waals surface area contributed by atoms with Crippen LogP contribution in [0.25, 0.3) is 22.3 Å². The van der Waals surface area contributed by atoms with E-state index in [2.05, 4.69) is 42.5 Å². The fourth-order valence-electron chi connectivity index (χ4n) is 2.72. The van der Waals surface area contributed by atoms with Crippen molar-refractivity contribution in [3.05, 3.63) is 84.4 Å². The largest absolute Gasteiger partial charge is 0.369 e. The van der Waals surface area contributed by atoms with E-state index in [1.54, 1.807) is 0 Å². The molecule has 0 aliphatic rings. The Labute approximate surface area is 136 Å². The predicted octanol–water partition coefficient (Wildman–Crippen LogP) is 4.61. The molecule has 1 atom stereocenters. The van der Waals surface area contributed by atoms with Crippen LogP contribution in [0.2, 0.25) is 0 Å². The van der Waals surface area contributed by atoms with Crippen molar-refractivity contribution >= 4 is 5.91 Å². The van der Waals surface area contributed by atoms with Crippen molar-refractivity contribution in [1.29, 1.82) is 0 Å². The summed E-state index contributed by atoms with van der Waals surface area (Å²) in [4.78, 5) is 11.3. The van der Waals surface area contributed by atoms with Crippen LogP contribution < -0.4 is 5.73 Å². The van der Waals surface area contributed by atoms with E-state index >= 15 is 0 Å². The molecule has 3 aromatic carbocycles. The van der Waals surface area contributed by atoms with Crippen molar-refractivity contribution in [2.24, 2.45) is 5.73 Å². The second-order valence-corrected chi connectivity index (χ2v) is 5.66. The lowest BCUT2D eigenvalue weighted by Gasteiger charge is -2.12. The molecule has 0 saturated carbocycles. The van der Waals surface area contributed by atoms with Gasteiger partial charge in [-0.1, -0.05) is 78.9 Å². The van der Waals surface area contributed by atoms with Crippen molar-refractivity contribution in [1.82, 2.24) is 0 Å². The van der Waals surface area contributed by atoms with Crippen LogP contribution in [-0.2, 0) is 4.79 Å². The van der Waals surface area contributed by atoms with Gasteiger partial charge in [-0.2, -0.15) is 0 Å². The lowest BCUT2D eigenvalue weighted by molar-refractivity contribution is -0.119. The molecule has 0 bridgehead atoms. The Morgan fingerprint density at radius 2 is 1.22 bits per heavy atom. The van der Waals surface area contributed by atoms with E-state index < -0.39 is 0 Å². The summed E-state index contributed by atoms with van der Waals surface area (Å²) in [5.74, 6) is -0.573. The SMILES string of the molecule is CC(C(N)=O)c1ccc(-c2ccccc2-c2ccccc2)cc1. The standard InChI is InChI=1S/C21H19NO/c1-15(21(22)23)16-11-13-18(14-12-16)20-10-6-5-9-19(20)17-7-3-2-4-8-17/h2-15H,1H3,(H2,22,23).